The van der Waals surface area contributed by atoms with Crippen molar-refractivity contribution in [3.63, 3.8) is 0 Å². The summed E-state index contributed by atoms with van der Waals surface area (Å²) in [4.78, 5) is 3.92. The van der Waals surface area contributed by atoms with Gasteiger partial charge in [0.25, 0.3) is 0 Å². The summed E-state index contributed by atoms with van der Waals surface area (Å²) in [5.41, 5.74) is 0. The minimum Gasteiger partial charge on any atom is -0.394 e. The second-order valence-electron chi connectivity index (χ2n) is 22.1. The second kappa shape index (κ2) is 28.2. The average Bonchev–Trinajstić information content (AvgIpc) is 3.23. The fourth-order valence-electron chi connectivity index (χ4n) is 11.7. The van der Waals surface area contributed by atoms with Gasteiger partial charge in [-0.2, -0.15) is 0 Å². The Morgan fingerprint density at radius 1 is 0.241 bits per heavy atom. The molecule has 20 N–H and O–H groups in total. The minimum atomic E-state index is -2.20. The molecule has 0 radical (unpaired) electrons. The normalized spacial score (nSPS) is 53.8. The molecule has 36 nitrogen and oxygen atoms in total. The molecule has 14 bridgehead atoms. The van der Waals surface area contributed by atoms with Crippen molar-refractivity contribution in [1.82, 2.24) is 9.80 Å². The van der Waals surface area contributed by atoms with Crippen LogP contribution in [0.3, 0.4) is 0 Å². The Kier molecular flexibility index (Phi) is 22.4. The molecule has 22 saturated heterocycles. The highest BCUT2D eigenvalue weighted by Crippen LogP contribution is 2.39. The van der Waals surface area contributed by atoms with Gasteiger partial charge in [-0.3, -0.25) is 4.90 Å². The zero-order valence-electron chi connectivity index (χ0n) is 44.5. The number of piperazine rings is 1. The predicted octanol–water partition coefficient (Wildman–Crippen LogP) is -15.0. The average molecular weight is 1220 g/mol. The number of ether oxygens (including phenoxy) is 14. The van der Waals surface area contributed by atoms with E-state index in [4.69, 9.17) is 66.3 Å². The molecular formula is C47H80N2O34. The fraction of sp³-hybridized carbons (Fsp3) is 1.00. The van der Waals surface area contributed by atoms with Crippen LogP contribution < -0.4 is 0 Å². The van der Waals surface area contributed by atoms with Crippen molar-refractivity contribution in [3.8, 4) is 0 Å². The van der Waals surface area contributed by atoms with Gasteiger partial charge < -0.3 is 173 Å². The molecule has 0 aromatic rings. The Morgan fingerprint density at radius 3 is 0.590 bits per heavy atom. The third-order valence-corrected chi connectivity index (χ3v) is 16.6. The number of likely N-dealkylation sites (N-methyl/N-ethyl adjacent to an activating group) is 1. The van der Waals surface area contributed by atoms with Crippen molar-refractivity contribution < 1.29 is 168 Å². The van der Waals surface area contributed by atoms with Crippen LogP contribution in [0, 0.1) is 0 Å². The fourth-order valence-corrected chi connectivity index (χ4v) is 11.7. The highest BCUT2D eigenvalue weighted by atomic mass is 16.8. The van der Waals surface area contributed by atoms with Crippen LogP contribution in [0.25, 0.3) is 0 Å². The van der Waals surface area contributed by atoms with E-state index in [1.165, 1.54) is 0 Å². The zero-order chi connectivity index (χ0) is 60.0. The lowest BCUT2D eigenvalue weighted by Gasteiger charge is -2.50. The first-order valence-corrected chi connectivity index (χ1v) is 27.3. The lowest BCUT2D eigenvalue weighted by atomic mass is 9.95. The summed E-state index contributed by atoms with van der Waals surface area (Å²) in [5.74, 6) is 0. The summed E-state index contributed by atoms with van der Waals surface area (Å²) in [5, 5.41) is 223. The van der Waals surface area contributed by atoms with Crippen LogP contribution in [0.2, 0.25) is 0 Å². The first-order chi connectivity index (χ1) is 39.6. The summed E-state index contributed by atoms with van der Waals surface area (Å²) >= 11 is 0. The SMILES string of the molecule is CN1CCN(CC2OC3OC4C(CO)OC(OC5C(CO)OC(OC6C(CO)OC(OC7C(CO)OC(OC8C(CO)OC(OC9C(CO)OC(OC2C(O)C3O)C(O)C9O)C(O)C8O)C(O)C7O)C(O)C6O)C(O)C5O)C(O)C4O)CC1. The maximum absolute atomic E-state index is 11.8. The van der Waals surface area contributed by atoms with Gasteiger partial charge in [0.2, 0.25) is 0 Å². The number of nitrogens with zero attached hydrogens (tertiary/aromatic N) is 2. The van der Waals surface area contributed by atoms with Gasteiger partial charge in [0.05, 0.1) is 39.6 Å². The maximum atomic E-state index is 11.8. The van der Waals surface area contributed by atoms with E-state index >= 15 is 0 Å². The molecule has 22 heterocycles. The quantitative estimate of drug-likeness (QED) is 0.107. The molecule has 22 rings (SSSR count). The van der Waals surface area contributed by atoms with Gasteiger partial charge in [-0.05, 0) is 7.05 Å². The third kappa shape index (κ3) is 13.4. The third-order valence-electron chi connectivity index (χ3n) is 16.6. The van der Waals surface area contributed by atoms with Crippen molar-refractivity contribution in [3.05, 3.63) is 0 Å². The van der Waals surface area contributed by atoms with E-state index in [0.29, 0.717) is 26.2 Å². The zero-order valence-corrected chi connectivity index (χ0v) is 44.5. The van der Waals surface area contributed by atoms with E-state index in [1.807, 2.05) is 16.8 Å². The maximum Gasteiger partial charge on any atom is 0.187 e. The van der Waals surface area contributed by atoms with Gasteiger partial charge in [-0.1, -0.05) is 0 Å². The molecule has 83 heavy (non-hydrogen) atoms. The molecule has 0 aromatic heterocycles. The summed E-state index contributed by atoms with van der Waals surface area (Å²) < 4.78 is 81.7. The van der Waals surface area contributed by atoms with Gasteiger partial charge in [0, 0.05) is 32.7 Å². The van der Waals surface area contributed by atoms with E-state index in [-0.39, 0.29) is 6.54 Å². The van der Waals surface area contributed by atoms with Crippen LogP contribution in [-0.4, -0.2) is 406 Å². The summed E-state index contributed by atoms with van der Waals surface area (Å²) in [6.07, 6.45) is -68.6. The van der Waals surface area contributed by atoms with Crippen LogP contribution in [0.4, 0.5) is 0 Å². The second-order valence-corrected chi connectivity index (χ2v) is 22.1. The smallest absolute Gasteiger partial charge is 0.187 e. The van der Waals surface area contributed by atoms with E-state index in [2.05, 4.69) is 0 Å². The lowest BCUT2D eigenvalue weighted by Crippen LogP contribution is -2.68. The van der Waals surface area contributed by atoms with Gasteiger partial charge >= 0.3 is 0 Å². The first kappa shape index (κ1) is 66.0. The van der Waals surface area contributed by atoms with Crippen LogP contribution in [0.1, 0.15) is 0 Å². The molecule has 0 aliphatic carbocycles. The van der Waals surface area contributed by atoms with Gasteiger partial charge in [-0.15, -0.1) is 0 Å². The number of hydrogen-bond acceptors (Lipinski definition) is 36. The van der Waals surface area contributed by atoms with Crippen LogP contribution in [-0.2, 0) is 66.3 Å². The standard InChI is InChI=1S/C47H80N2O34/c1-48-2-4-49(5-3-48)6-13-34-20(56)27(63)41(70-13)78-35-14(7-50)72-43(29(65)22(35)58)80-37-16(9-52)74-45(31(67)24(37)60)82-39-18(11-54)76-47(33(69)26(39)62)83-40-19(12-55)75-46(32(68)25(40)61)81-38-17(10-53)73-44(30(66)23(38)59)79-36-15(8-51)71-42(77-34)28(64)21(36)57/h13-47,50-69H,2-12H2,1H3. The summed E-state index contributed by atoms with van der Waals surface area (Å²) in [6.45, 7) is -4.19. The van der Waals surface area contributed by atoms with E-state index in [0.717, 1.165) is 0 Å². The molecule has 35 unspecified atom stereocenters. The number of aliphatic hydroxyl groups excluding tert-OH is 20. The number of rotatable bonds is 8. The van der Waals surface area contributed by atoms with Gasteiger partial charge in [0.15, 0.2) is 44.0 Å². The van der Waals surface area contributed by atoms with Crippen molar-refractivity contribution in [2.75, 3.05) is 79.4 Å². The van der Waals surface area contributed by atoms with Crippen molar-refractivity contribution >= 4 is 0 Å². The first-order valence-electron chi connectivity index (χ1n) is 27.3. The Labute approximate surface area is 471 Å². The van der Waals surface area contributed by atoms with E-state index in [9.17, 15) is 102 Å². The van der Waals surface area contributed by atoms with Crippen molar-refractivity contribution in [1.29, 1.82) is 0 Å². The minimum absolute atomic E-state index is 0.0806. The topological polar surface area (TPSA) is 540 Å². The number of aliphatic hydroxyl groups is 20. The monoisotopic (exact) mass is 1220 g/mol. The Bertz CT molecular complexity index is 1990. The summed E-state index contributed by atoms with van der Waals surface area (Å²) in [6, 6.07) is 0. The highest BCUT2D eigenvalue weighted by molar-refractivity contribution is 5.02. The molecule has 35 atom stereocenters. The van der Waals surface area contributed by atoms with Crippen LogP contribution in [0.5, 0.6) is 0 Å². The van der Waals surface area contributed by atoms with Crippen molar-refractivity contribution in [2.45, 2.75) is 215 Å². The van der Waals surface area contributed by atoms with Gasteiger partial charge in [0.1, 0.15) is 171 Å². The largest absolute Gasteiger partial charge is 0.394 e. The molecule has 0 spiro atoms. The van der Waals surface area contributed by atoms with Crippen LogP contribution >= 0.6 is 0 Å². The lowest BCUT2D eigenvalue weighted by molar-refractivity contribution is -0.396. The van der Waals surface area contributed by atoms with Crippen LogP contribution in [0.15, 0.2) is 0 Å². The highest BCUT2D eigenvalue weighted by Gasteiger charge is 2.59. The predicted molar refractivity (Wildman–Crippen MR) is 255 cm³/mol. The molecule has 22 aliphatic heterocycles. The van der Waals surface area contributed by atoms with Crippen molar-refractivity contribution in [2.24, 2.45) is 0 Å². The Hall–Kier alpha value is -1.44. The van der Waals surface area contributed by atoms with Gasteiger partial charge in [-0.25, -0.2) is 0 Å². The molecule has 0 aromatic carbocycles. The molecule has 0 amide bonds. The molecular weight excluding hydrogens is 1140 g/mol. The summed E-state index contributed by atoms with van der Waals surface area (Å²) in [7, 11) is 1.89. The molecule has 22 fully saturated rings. The van der Waals surface area contributed by atoms with E-state index < -0.39 is 255 Å². The molecule has 36 heteroatoms. The molecule has 0 saturated carbocycles. The number of hydrogen-bond donors (Lipinski definition) is 20. The Balaban J connectivity index is 1.01. The van der Waals surface area contributed by atoms with E-state index in [1.54, 1.807) is 0 Å². The molecule has 22 aliphatic rings. The Morgan fingerprint density at radius 2 is 0.410 bits per heavy atom. The molecule has 482 valence electrons.